The quantitative estimate of drug-likeness (QED) is 0.649. The second-order valence-corrected chi connectivity index (χ2v) is 5.11. The highest BCUT2D eigenvalue weighted by Crippen LogP contribution is 2.17. The van der Waals surface area contributed by atoms with E-state index in [0.29, 0.717) is 38.0 Å². The van der Waals surface area contributed by atoms with E-state index in [-0.39, 0.29) is 11.6 Å². The molecule has 0 fully saturated rings. The summed E-state index contributed by atoms with van der Waals surface area (Å²) in [5, 5.41) is 12.4. The second-order valence-electron chi connectivity index (χ2n) is 5.11. The van der Waals surface area contributed by atoms with Crippen LogP contribution in [-0.4, -0.2) is 43.5 Å². The Kier molecular flexibility index (Phi) is 7.79. The van der Waals surface area contributed by atoms with E-state index in [4.69, 9.17) is 14.6 Å². The number of nitrogens with one attached hydrogen (secondary N) is 1. The zero-order valence-corrected chi connectivity index (χ0v) is 13.0. The molecular weight excluding hydrogens is 270 g/mol. The molecule has 1 atom stereocenters. The summed E-state index contributed by atoms with van der Waals surface area (Å²) in [7, 11) is 0. The Balaban J connectivity index is 2.41. The lowest BCUT2D eigenvalue weighted by molar-refractivity contribution is 0.0692. The molecule has 21 heavy (non-hydrogen) atoms. The van der Waals surface area contributed by atoms with Gasteiger partial charge in [0.05, 0.1) is 6.61 Å². The molecule has 118 valence electrons. The molecule has 5 nitrogen and oxygen atoms in total. The van der Waals surface area contributed by atoms with Crippen LogP contribution in [0.3, 0.4) is 0 Å². The summed E-state index contributed by atoms with van der Waals surface area (Å²) in [6.07, 6.45) is 0. The minimum atomic E-state index is -0.977. The maximum Gasteiger partial charge on any atom is 0.339 e. The lowest BCUT2D eigenvalue weighted by atomic mass is 10.1. The lowest BCUT2D eigenvalue weighted by Crippen LogP contribution is -2.40. The van der Waals surface area contributed by atoms with E-state index in [1.165, 1.54) is 6.07 Å². The van der Waals surface area contributed by atoms with Gasteiger partial charge in [-0.15, -0.1) is 0 Å². The molecule has 0 aliphatic rings. The second kappa shape index (κ2) is 9.37. The van der Waals surface area contributed by atoms with Crippen LogP contribution in [0.4, 0.5) is 0 Å². The molecular formula is C16H25NO4. The third-order valence-corrected chi connectivity index (χ3v) is 3.19. The smallest absolute Gasteiger partial charge is 0.339 e. The van der Waals surface area contributed by atoms with Gasteiger partial charge in [0.25, 0.3) is 0 Å². The van der Waals surface area contributed by atoms with E-state index in [2.05, 4.69) is 19.2 Å². The van der Waals surface area contributed by atoms with Crippen LogP contribution in [0.5, 0.6) is 5.75 Å². The summed E-state index contributed by atoms with van der Waals surface area (Å²) in [4.78, 5) is 11.1. The fourth-order valence-corrected chi connectivity index (χ4v) is 1.91. The molecule has 0 radical (unpaired) electrons. The van der Waals surface area contributed by atoms with Gasteiger partial charge in [-0.2, -0.15) is 0 Å². The number of para-hydroxylation sites is 1. The van der Waals surface area contributed by atoms with Gasteiger partial charge in [-0.25, -0.2) is 4.79 Å². The van der Waals surface area contributed by atoms with Crippen LogP contribution in [0.25, 0.3) is 0 Å². The summed E-state index contributed by atoms with van der Waals surface area (Å²) >= 11 is 0. The Hall–Kier alpha value is -1.59. The van der Waals surface area contributed by atoms with Crippen molar-refractivity contribution in [2.24, 2.45) is 5.92 Å². The van der Waals surface area contributed by atoms with E-state index in [9.17, 15) is 4.79 Å². The summed E-state index contributed by atoms with van der Waals surface area (Å²) in [5.41, 5.74) is 0.187. The fourth-order valence-electron chi connectivity index (χ4n) is 1.91. The van der Waals surface area contributed by atoms with Crippen LogP contribution in [0, 0.1) is 5.92 Å². The average molecular weight is 295 g/mol. The number of carboxylic acids is 1. The van der Waals surface area contributed by atoms with E-state index in [1.807, 2.05) is 6.92 Å². The Bertz CT molecular complexity index is 434. The van der Waals surface area contributed by atoms with Crippen LogP contribution in [-0.2, 0) is 4.74 Å². The maximum atomic E-state index is 11.1. The molecule has 0 aliphatic carbocycles. The zero-order valence-electron chi connectivity index (χ0n) is 13.0. The van der Waals surface area contributed by atoms with Crippen LogP contribution < -0.4 is 10.1 Å². The Morgan fingerprint density at radius 1 is 1.33 bits per heavy atom. The normalized spacial score (nSPS) is 12.4. The van der Waals surface area contributed by atoms with E-state index >= 15 is 0 Å². The predicted molar refractivity (Wildman–Crippen MR) is 82.0 cm³/mol. The van der Waals surface area contributed by atoms with E-state index in [1.54, 1.807) is 18.2 Å². The van der Waals surface area contributed by atoms with Crippen LogP contribution in [0.15, 0.2) is 24.3 Å². The number of benzene rings is 1. The molecule has 1 unspecified atom stereocenters. The Labute approximate surface area is 126 Å². The summed E-state index contributed by atoms with van der Waals surface area (Å²) in [6.45, 7) is 8.68. The Morgan fingerprint density at radius 2 is 2.05 bits per heavy atom. The van der Waals surface area contributed by atoms with Crippen molar-refractivity contribution in [3.05, 3.63) is 29.8 Å². The molecule has 1 aromatic rings. The number of carbonyl (C=O) groups is 1. The molecule has 1 rings (SSSR count). The molecule has 0 aromatic heterocycles. The van der Waals surface area contributed by atoms with Crippen molar-refractivity contribution in [2.45, 2.75) is 26.8 Å². The molecule has 2 N–H and O–H groups in total. The third kappa shape index (κ3) is 6.14. The highest BCUT2D eigenvalue weighted by molar-refractivity contribution is 5.90. The number of ether oxygens (including phenoxy) is 2. The maximum absolute atomic E-state index is 11.1. The molecule has 5 heteroatoms. The van der Waals surface area contributed by atoms with Gasteiger partial charge >= 0.3 is 5.97 Å². The van der Waals surface area contributed by atoms with Gasteiger partial charge in [0.2, 0.25) is 0 Å². The van der Waals surface area contributed by atoms with E-state index < -0.39 is 5.97 Å². The molecule has 0 amide bonds. The third-order valence-electron chi connectivity index (χ3n) is 3.19. The van der Waals surface area contributed by atoms with Crippen molar-refractivity contribution in [2.75, 3.05) is 26.4 Å². The molecule has 0 aliphatic heterocycles. The summed E-state index contributed by atoms with van der Waals surface area (Å²) in [6, 6.07) is 6.93. The van der Waals surface area contributed by atoms with Gasteiger partial charge in [-0.05, 0) is 25.0 Å². The van der Waals surface area contributed by atoms with Crippen LogP contribution in [0.2, 0.25) is 0 Å². The van der Waals surface area contributed by atoms with Crippen molar-refractivity contribution in [1.29, 1.82) is 0 Å². The molecule has 0 saturated heterocycles. The van der Waals surface area contributed by atoms with Crippen molar-refractivity contribution in [1.82, 2.24) is 5.32 Å². The minimum Gasteiger partial charge on any atom is -0.491 e. The monoisotopic (exact) mass is 295 g/mol. The van der Waals surface area contributed by atoms with Gasteiger partial charge < -0.3 is 19.9 Å². The van der Waals surface area contributed by atoms with Gasteiger partial charge in [-0.3, -0.25) is 0 Å². The highest BCUT2D eigenvalue weighted by atomic mass is 16.5. The average Bonchev–Trinajstić information content (AvgIpc) is 2.46. The first-order valence-corrected chi connectivity index (χ1v) is 7.32. The Morgan fingerprint density at radius 3 is 2.67 bits per heavy atom. The van der Waals surface area contributed by atoms with Crippen molar-refractivity contribution < 1.29 is 19.4 Å². The van der Waals surface area contributed by atoms with Crippen molar-refractivity contribution in [3.63, 3.8) is 0 Å². The van der Waals surface area contributed by atoms with Crippen LogP contribution >= 0.6 is 0 Å². The minimum absolute atomic E-state index is 0.187. The van der Waals surface area contributed by atoms with E-state index in [0.717, 1.165) is 0 Å². The number of hydrogen-bond acceptors (Lipinski definition) is 4. The highest BCUT2D eigenvalue weighted by Gasteiger charge is 2.13. The molecule has 0 bridgehead atoms. The molecule has 1 aromatic carbocycles. The van der Waals surface area contributed by atoms with Crippen molar-refractivity contribution >= 4 is 5.97 Å². The molecule has 0 heterocycles. The zero-order chi connectivity index (χ0) is 15.7. The molecule has 0 saturated carbocycles. The standard InChI is InChI=1S/C16H25NO4/c1-4-20-11-14(12(2)3)17-9-10-21-15-8-6-5-7-13(15)16(18)19/h5-8,12,14,17H,4,9-11H2,1-3H3,(H,18,19). The first-order chi connectivity index (χ1) is 10.1. The largest absolute Gasteiger partial charge is 0.491 e. The number of hydrogen-bond donors (Lipinski definition) is 2. The SMILES string of the molecule is CCOCC(NCCOc1ccccc1C(=O)O)C(C)C. The van der Waals surface area contributed by atoms with Crippen molar-refractivity contribution in [3.8, 4) is 5.75 Å². The molecule has 0 spiro atoms. The topological polar surface area (TPSA) is 67.8 Å². The van der Waals surface area contributed by atoms with Gasteiger partial charge in [0, 0.05) is 19.2 Å². The first-order valence-electron chi connectivity index (χ1n) is 7.32. The fraction of sp³-hybridized carbons (Fsp3) is 0.562. The predicted octanol–water partition coefficient (Wildman–Crippen LogP) is 2.41. The summed E-state index contributed by atoms with van der Waals surface area (Å²) in [5.74, 6) is -0.115. The van der Waals surface area contributed by atoms with Gasteiger partial charge in [-0.1, -0.05) is 26.0 Å². The lowest BCUT2D eigenvalue weighted by Gasteiger charge is -2.22. The summed E-state index contributed by atoms with van der Waals surface area (Å²) < 4.78 is 11.0. The number of carboxylic acid groups (broad SMARTS) is 1. The van der Waals surface area contributed by atoms with Crippen LogP contribution in [0.1, 0.15) is 31.1 Å². The first kappa shape index (κ1) is 17.5. The van der Waals surface area contributed by atoms with Gasteiger partial charge in [0.15, 0.2) is 0 Å². The number of aromatic carboxylic acids is 1. The van der Waals surface area contributed by atoms with Gasteiger partial charge in [0.1, 0.15) is 17.9 Å². The number of rotatable bonds is 10.